The van der Waals surface area contributed by atoms with Crippen molar-refractivity contribution in [3.05, 3.63) is 28.6 Å². The monoisotopic (exact) mass is 164 g/mol. The highest BCUT2D eigenvalue weighted by molar-refractivity contribution is 7.11. The SMILES string of the molecule is C1=NCNC=C1c1cccs1. The van der Waals surface area contributed by atoms with Gasteiger partial charge in [-0.25, -0.2) is 0 Å². The summed E-state index contributed by atoms with van der Waals surface area (Å²) < 4.78 is 0. The number of aliphatic imine (C=N–C) groups is 1. The Labute approximate surface area is 69.3 Å². The number of hydrogen-bond acceptors (Lipinski definition) is 3. The van der Waals surface area contributed by atoms with Crippen molar-refractivity contribution in [3.8, 4) is 0 Å². The Balaban J connectivity index is 2.29. The second-order valence-electron chi connectivity index (χ2n) is 2.25. The fraction of sp³-hybridized carbons (Fsp3) is 0.125. The maximum Gasteiger partial charge on any atom is 0.107 e. The lowest BCUT2D eigenvalue weighted by atomic mass is 10.2. The molecule has 0 radical (unpaired) electrons. The van der Waals surface area contributed by atoms with Crippen molar-refractivity contribution in [1.82, 2.24) is 5.32 Å². The smallest absolute Gasteiger partial charge is 0.107 e. The third-order valence-corrected chi connectivity index (χ3v) is 2.40. The van der Waals surface area contributed by atoms with Gasteiger partial charge in [0.05, 0.1) is 0 Å². The van der Waals surface area contributed by atoms with Crippen LogP contribution in [0.1, 0.15) is 4.88 Å². The summed E-state index contributed by atoms with van der Waals surface area (Å²) in [6, 6.07) is 4.14. The topological polar surface area (TPSA) is 24.4 Å². The van der Waals surface area contributed by atoms with E-state index in [4.69, 9.17) is 0 Å². The fourth-order valence-electron chi connectivity index (χ4n) is 0.967. The summed E-state index contributed by atoms with van der Waals surface area (Å²) in [5.74, 6) is 0. The van der Waals surface area contributed by atoms with Gasteiger partial charge in [-0.2, -0.15) is 0 Å². The molecule has 0 unspecified atom stereocenters. The number of hydrogen-bond donors (Lipinski definition) is 1. The van der Waals surface area contributed by atoms with E-state index in [0.717, 1.165) is 0 Å². The zero-order valence-electron chi connectivity index (χ0n) is 5.95. The third kappa shape index (κ3) is 1.33. The summed E-state index contributed by atoms with van der Waals surface area (Å²) in [4.78, 5) is 5.38. The van der Waals surface area contributed by atoms with E-state index in [1.807, 2.05) is 18.5 Å². The van der Waals surface area contributed by atoms with E-state index < -0.39 is 0 Å². The van der Waals surface area contributed by atoms with Gasteiger partial charge in [-0.3, -0.25) is 4.99 Å². The minimum absolute atomic E-state index is 0.703. The van der Waals surface area contributed by atoms with E-state index in [1.165, 1.54) is 10.5 Å². The first-order valence-electron chi connectivity index (χ1n) is 3.44. The van der Waals surface area contributed by atoms with Gasteiger partial charge in [-0.15, -0.1) is 11.3 Å². The molecule has 0 bridgehead atoms. The minimum atomic E-state index is 0.703. The van der Waals surface area contributed by atoms with Crippen molar-refractivity contribution in [2.75, 3.05) is 6.67 Å². The molecule has 0 fully saturated rings. The molecule has 0 aromatic carbocycles. The lowest BCUT2D eigenvalue weighted by Gasteiger charge is -2.04. The van der Waals surface area contributed by atoms with E-state index >= 15 is 0 Å². The predicted octanol–water partition coefficient (Wildman–Crippen LogP) is 1.72. The average molecular weight is 164 g/mol. The molecule has 0 saturated heterocycles. The zero-order chi connectivity index (χ0) is 7.52. The van der Waals surface area contributed by atoms with Gasteiger partial charge in [0.25, 0.3) is 0 Å². The molecule has 56 valence electrons. The van der Waals surface area contributed by atoms with Crippen LogP contribution in [-0.4, -0.2) is 12.9 Å². The molecular formula is C8H8N2S. The molecule has 0 spiro atoms. The van der Waals surface area contributed by atoms with E-state index in [9.17, 15) is 0 Å². The molecule has 2 nitrogen and oxygen atoms in total. The molecule has 0 aliphatic carbocycles. The maximum atomic E-state index is 4.12. The zero-order valence-corrected chi connectivity index (χ0v) is 6.77. The molecule has 1 N–H and O–H groups in total. The van der Waals surface area contributed by atoms with Crippen LogP contribution in [0.4, 0.5) is 0 Å². The van der Waals surface area contributed by atoms with E-state index in [-0.39, 0.29) is 0 Å². The molecule has 3 heteroatoms. The number of allylic oxidation sites excluding steroid dienone is 1. The van der Waals surface area contributed by atoms with E-state index in [2.05, 4.69) is 21.8 Å². The lowest BCUT2D eigenvalue weighted by molar-refractivity contribution is 0.883. The number of thiophene rings is 1. The van der Waals surface area contributed by atoms with Crippen LogP contribution in [0, 0.1) is 0 Å². The number of nitrogens with one attached hydrogen (secondary N) is 1. The molecule has 1 aliphatic heterocycles. The highest BCUT2D eigenvalue weighted by Gasteiger charge is 2.00. The summed E-state index contributed by atoms with van der Waals surface area (Å²) in [5.41, 5.74) is 1.17. The summed E-state index contributed by atoms with van der Waals surface area (Å²) in [7, 11) is 0. The molecule has 1 aromatic rings. The second-order valence-corrected chi connectivity index (χ2v) is 3.20. The van der Waals surface area contributed by atoms with Gasteiger partial charge < -0.3 is 5.32 Å². The van der Waals surface area contributed by atoms with Crippen molar-refractivity contribution >= 4 is 23.1 Å². The number of nitrogens with zero attached hydrogens (tertiary/aromatic N) is 1. The van der Waals surface area contributed by atoms with Gasteiger partial charge in [0.15, 0.2) is 0 Å². The number of rotatable bonds is 1. The average Bonchev–Trinajstić information content (AvgIpc) is 2.58. The van der Waals surface area contributed by atoms with Gasteiger partial charge in [-0.1, -0.05) is 6.07 Å². The largest absolute Gasteiger partial charge is 0.372 e. The second kappa shape index (κ2) is 2.88. The van der Waals surface area contributed by atoms with Crippen LogP contribution >= 0.6 is 11.3 Å². The first-order valence-corrected chi connectivity index (χ1v) is 4.32. The highest BCUT2D eigenvalue weighted by Crippen LogP contribution is 2.18. The minimum Gasteiger partial charge on any atom is -0.372 e. The van der Waals surface area contributed by atoms with Crippen LogP contribution in [0.5, 0.6) is 0 Å². The summed E-state index contributed by atoms with van der Waals surface area (Å²) >= 11 is 1.73. The first kappa shape index (κ1) is 6.61. The molecule has 1 aliphatic rings. The molecule has 11 heavy (non-hydrogen) atoms. The fourth-order valence-corrected chi connectivity index (χ4v) is 1.68. The predicted molar refractivity (Wildman–Crippen MR) is 48.8 cm³/mol. The first-order chi connectivity index (χ1) is 5.47. The standard InChI is InChI=1S/C8H8N2S/c1-2-8(11-3-1)7-4-9-6-10-5-7/h1-5,9H,6H2. The normalized spacial score (nSPS) is 15.8. The van der Waals surface area contributed by atoms with E-state index in [0.29, 0.717) is 6.67 Å². The quantitative estimate of drug-likeness (QED) is 0.671. The van der Waals surface area contributed by atoms with Gasteiger partial charge in [0.2, 0.25) is 0 Å². The molecule has 2 heterocycles. The Morgan fingerprint density at radius 2 is 2.55 bits per heavy atom. The van der Waals surface area contributed by atoms with Crippen LogP contribution in [0.2, 0.25) is 0 Å². The Hall–Kier alpha value is -1.09. The Bertz CT molecular complexity index is 285. The van der Waals surface area contributed by atoms with Gasteiger partial charge in [-0.05, 0) is 11.4 Å². The van der Waals surface area contributed by atoms with Crippen molar-refractivity contribution in [1.29, 1.82) is 0 Å². The van der Waals surface area contributed by atoms with Crippen LogP contribution < -0.4 is 5.32 Å². The summed E-state index contributed by atoms with van der Waals surface area (Å²) in [6.45, 7) is 0.703. The Kier molecular flexibility index (Phi) is 1.73. The lowest BCUT2D eigenvalue weighted by Crippen LogP contribution is -2.10. The molecule has 1 aromatic heterocycles. The van der Waals surface area contributed by atoms with Crippen molar-refractivity contribution < 1.29 is 0 Å². The Morgan fingerprint density at radius 3 is 3.18 bits per heavy atom. The molecular weight excluding hydrogens is 156 g/mol. The van der Waals surface area contributed by atoms with Gasteiger partial charge >= 0.3 is 0 Å². The van der Waals surface area contributed by atoms with Gasteiger partial charge in [0, 0.05) is 22.9 Å². The van der Waals surface area contributed by atoms with E-state index in [1.54, 1.807) is 11.3 Å². The highest BCUT2D eigenvalue weighted by atomic mass is 32.1. The van der Waals surface area contributed by atoms with Crippen LogP contribution in [-0.2, 0) is 0 Å². The van der Waals surface area contributed by atoms with Crippen molar-refractivity contribution in [2.45, 2.75) is 0 Å². The van der Waals surface area contributed by atoms with Crippen LogP contribution in [0.25, 0.3) is 5.57 Å². The molecule has 2 rings (SSSR count). The van der Waals surface area contributed by atoms with Crippen molar-refractivity contribution in [2.24, 2.45) is 4.99 Å². The third-order valence-electron chi connectivity index (χ3n) is 1.48. The summed E-state index contributed by atoms with van der Waals surface area (Å²) in [5, 5.41) is 5.14. The van der Waals surface area contributed by atoms with Crippen LogP contribution in [0.3, 0.4) is 0 Å². The van der Waals surface area contributed by atoms with Crippen LogP contribution in [0.15, 0.2) is 28.7 Å². The summed E-state index contributed by atoms with van der Waals surface area (Å²) in [6.07, 6.45) is 3.90. The maximum absolute atomic E-state index is 4.12. The van der Waals surface area contributed by atoms with Crippen molar-refractivity contribution in [3.63, 3.8) is 0 Å². The molecule has 0 amide bonds. The Morgan fingerprint density at radius 1 is 1.55 bits per heavy atom. The molecule has 0 atom stereocenters. The van der Waals surface area contributed by atoms with Gasteiger partial charge in [0.1, 0.15) is 6.67 Å². The molecule has 0 saturated carbocycles.